The van der Waals surface area contributed by atoms with E-state index in [9.17, 15) is 35.4 Å². The number of phenols is 1. The zero-order valence-electron chi connectivity index (χ0n) is 34.9. The standard InChI is InChI=1S/C46H65NO9S2/c1-25(2)26(3)37-38(56-37)42(5,54)35-11-15-46(55)32-21-36(51)45-23-34(50)33(49)22-41(45,4)31(32)10-14-44(35,46)13-9-27-18-29(20-30(48)19-27)47-17-16-43(39(47)52)12-7-6-8-28(43)24-57-58-40(45)53/h18-21,25-26,28,31,33-35,37-38,40,48-50,53-55H,6-17,22-24H2,1-5H3/t26-,28+,31+,33+,34-,35+,37-,38-,40+,41-,42-,43-,44+,45+,46+/m1/s1. The number of aliphatic hydroxyl groups is 5. The summed E-state index contributed by atoms with van der Waals surface area (Å²) in [5.41, 5.74) is -5.67. The monoisotopic (exact) mass is 839 g/mol. The van der Waals surface area contributed by atoms with Crippen LogP contribution in [0, 0.1) is 51.2 Å². The van der Waals surface area contributed by atoms with Crippen LogP contribution in [-0.4, -0.2) is 95.7 Å². The average Bonchev–Trinajstić information content (AvgIpc) is 3.84. The third-order valence-corrected chi connectivity index (χ3v) is 20.8. The van der Waals surface area contributed by atoms with E-state index in [0.29, 0.717) is 74.4 Å². The smallest absolute Gasteiger partial charge is 0.233 e. The lowest BCUT2D eigenvalue weighted by molar-refractivity contribution is -0.198. The van der Waals surface area contributed by atoms with Gasteiger partial charge in [-0.1, -0.05) is 62.1 Å². The number of ketones is 1. The lowest BCUT2D eigenvalue weighted by Crippen LogP contribution is -2.68. The fourth-order valence-electron chi connectivity index (χ4n) is 14.5. The number of anilines is 1. The number of carbonyl (C=O) groups excluding carboxylic acids is 2. The molecule has 5 aliphatic heterocycles. The number of allylic oxidation sites excluding steroid dienone is 1. The highest BCUT2D eigenvalue weighted by atomic mass is 33.1. The number of epoxide rings is 1. The lowest BCUT2D eigenvalue weighted by Gasteiger charge is -2.65. The van der Waals surface area contributed by atoms with Gasteiger partial charge in [0.05, 0.1) is 40.3 Å². The summed E-state index contributed by atoms with van der Waals surface area (Å²) in [7, 11) is 2.75. The van der Waals surface area contributed by atoms with Crippen LogP contribution < -0.4 is 4.90 Å². The van der Waals surface area contributed by atoms with Crippen molar-refractivity contribution in [3.05, 3.63) is 35.4 Å². The highest BCUT2D eigenvalue weighted by molar-refractivity contribution is 8.76. The predicted octanol–water partition coefficient (Wildman–Crippen LogP) is 6.32. The normalized spacial score (nSPS) is 46.7. The highest BCUT2D eigenvalue weighted by Crippen LogP contribution is 2.73. The molecule has 8 bridgehead atoms. The van der Waals surface area contributed by atoms with Gasteiger partial charge in [-0.3, -0.25) is 9.59 Å². The minimum atomic E-state index is -1.49. The van der Waals surface area contributed by atoms with Crippen LogP contribution in [0.4, 0.5) is 5.69 Å². The third-order valence-electron chi connectivity index (χ3n) is 18.2. The van der Waals surface area contributed by atoms with Gasteiger partial charge in [0.1, 0.15) is 17.3 Å². The van der Waals surface area contributed by atoms with Crippen LogP contribution >= 0.6 is 21.6 Å². The quantitative estimate of drug-likeness (QED) is 0.148. The molecule has 320 valence electrons. The molecule has 5 heterocycles. The second-order valence-corrected chi connectivity index (χ2v) is 23.3. The molecule has 58 heavy (non-hydrogen) atoms. The van der Waals surface area contributed by atoms with Crippen molar-refractivity contribution in [2.24, 2.45) is 51.2 Å². The fourth-order valence-corrected chi connectivity index (χ4v) is 17.6. The first-order valence-electron chi connectivity index (χ1n) is 22.2. The summed E-state index contributed by atoms with van der Waals surface area (Å²) >= 11 is 0. The molecule has 15 atom stereocenters. The minimum Gasteiger partial charge on any atom is -0.508 e. The second-order valence-electron chi connectivity index (χ2n) is 20.8. The number of amides is 1. The van der Waals surface area contributed by atoms with Crippen molar-refractivity contribution >= 4 is 39.0 Å². The molecule has 0 radical (unpaired) electrons. The molecule has 10 nitrogen and oxygen atoms in total. The number of nitrogens with zero attached hydrogens (tertiary/aromatic N) is 1. The van der Waals surface area contributed by atoms with Crippen LogP contribution in [0.2, 0.25) is 0 Å². The average molecular weight is 840 g/mol. The maximum absolute atomic E-state index is 15.1. The minimum absolute atomic E-state index is 0.0742. The van der Waals surface area contributed by atoms with Crippen LogP contribution in [0.15, 0.2) is 29.8 Å². The lowest BCUT2D eigenvalue weighted by atomic mass is 9.40. The van der Waals surface area contributed by atoms with Gasteiger partial charge < -0.3 is 40.3 Å². The summed E-state index contributed by atoms with van der Waals surface area (Å²) in [6.07, 6.45) is 6.05. The van der Waals surface area contributed by atoms with Gasteiger partial charge in [-0.15, -0.1) is 0 Å². The Balaban J connectivity index is 1.19. The first-order chi connectivity index (χ1) is 27.4. The Morgan fingerprint density at radius 2 is 1.71 bits per heavy atom. The summed E-state index contributed by atoms with van der Waals surface area (Å²) in [6, 6.07) is 5.46. The third kappa shape index (κ3) is 5.73. The van der Waals surface area contributed by atoms with Crippen molar-refractivity contribution in [1.29, 1.82) is 0 Å². The Bertz CT molecular complexity index is 1870. The summed E-state index contributed by atoms with van der Waals surface area (Å²) in [5.74, 6) is 0.370. The first-order valence-corrected chi connectivity index (χ1v) is 24.6. The van der Waals surface area contributed by atoms with E-state index >= 15 is 4.79 Å². The van der Waals surface area contributed by atoms with Crippen molar-refractivity contribution in [2.45, 2.75) is 159 Å². The molecule has 6 fully saturated rings. The number of phenolic OH excluding ortho intramolecular Hbond substituents is 1. The number of fused-ring (bicyclic) bond motifs is 2. The topological polar surface area (TPSA) is 171 Å². The van der Waals surface area contributed by atoms with Crippen molar-refractivity contribution in [3.63, 3.8) is 0 Å². The molecule has 0 unspecified atom stereocenters. The number of ether oxygens (including phenoxy) is 1. The van der Waals surface area contributed by atoms with Crippen molar-refractivity contribution in [1.82, 2.24) is 0 Å². The van der Waals surface area contributed by atoms with Gasteiger partial charge in [0, 0.05) is 29.5 Å². The van der Waals surface area contributed by atoms with Gasteiger partial charge >= 0.3 is 0 Å². The summed E-state index contributed by atoms with van der Waals surface area (Å²) < 4.78 is 6.33. The molecular formula is C46H65NO9S2. The fraction of sp³-hybridized carbons (Fsp3) is 0.783. The molecule has 2 saturated heterocycles. The SMILES string of the molecule is CC(C)[C@@H](C)[C@H]1O[C@H]1[C@](C)(O)[C@@H]1CC[C@]2(O)C3=CC(=O)[C@]45C[C@@H](O)[C@@H](O)C[C@]4(C)[C@H]3CC[C@@]12CCc1cc(O)cc(c1)N1CC[C@@]2(CCCC[C@H]2CSS[C@@H]5O)C1=O. The molecule has 1 amide bonds. The van der Waals surface area contributed by atoms with Crippen LogP contribution in [0.25, 0.3) is 0 Å². The van der Waals surface area contributed by atoms with E-state index in [1.807, 2.05) is 24.8 Å². The molecule has 10 aliphatic rings. The zero-order chi connectivity index (χ0) is 41.4. The zero-order valence-corrected chi connectivity index (χ0v) is 36.5. The number of aliphatic hydroxyl groups excluding tert-OH is 3. The molecule has 6 N–H and O–H groups in total. The molecule has 1 aromatic rings. The molecular weight excluding hydrogens is 775 g/mol. The number of carbonyl (C=O) groups is 2. The molecule has 4 saturated carbocycles. The van der Waals surface area contributed by atoms with E-state index in [1.165, 1.54) is 21.6 Å². The molecule has 12 heteroatoms. The number of aromatic hydroxyl groups is 1. The van der Waals surface area contributed by atoms with E-state index in [4.69, 9.17) is 4.74 Å². The summed E-state index contributed by atoms with van der Waals surface area (Å²) in [5, 5.41) is 72.7. The molecule has 3 spiro atoms. The van der Waals surface area contributed by atoms with Gasteiger partial charge in [0.2, 0.25) is 5.91 Å². The van der Waals surface area contributed by atoms with Crippen molar-refractivity contribution in [3.8, 4) is 5.75 Å². The van der Waals surface area contributed by atoms with Crippen LogP contribution in [0.3, 0.4) is 0 Å². The highest BCUT2D eigenvalue weighted by Gasteiger charge is 2.75. The Morgan fingerprint density at radius 1 is 0.948 bits per heavy atom. The van der Waals surface area contributed by atoms with Crippen LogP contribution in [0.1, 0.15) is 117 Å². The van der Waals surface area contributed by atoms with E-state index in [0.717, 1.165) is 31.2 Å². The summed E-state index contributed by atoms with van der Waals surface area (Å²) in [4.78, 5) is 31.7. The second kappa shape index (κ2) is 14.2. The van der Waals surface area contributed by atoms with E-state index in [1.54, 1.807) is 18.2 Å². The number of hydrogen-bond donors (Lipinski definition) is 6. The van der Waals surface area contributed by atoms with Gasteiger partial charge in [0.25, 0.3) is 0 Å². The molecule has 1 aromatic carbocycles. The Hall–Kier alpha value is -1.64. The maximum atomic E-state index is 15.1. The van der Waals surface area contributed by atoms with Gasteiger partial charge in [-0.25, -0.2) is 0 Å². The summed E-state index contributed by atoms with van der Waals surface area (Å²) in [6.45, 7) is 10.9. The van der Waals surface area contributed by atoms with E-state index < -0.39 is 56.6 Å². The number of aryl methyl sites for hydroxylation is 1. The Labute approximate surface area is 351 Å². The van der Waals surface area contributed by atoms with Gasteiger partial charge in [-0.05, 0) is 142 Å². The molecule has 11 rings (SSSR count). The number of hydrogen-bond acceptors (Lipinski definition) is 11. The Kier molecular flexibility index (Phi) is 10.2. The van der Waals surface area contributed by atoms with E-state index in [-0.39, 0.29) is 60.1 Å². The largest absolute Gasteiger partial charge is 0.508 e. The van der Waals surface area contributed by atoms with Crippen molar-refractivity contribution in [2.75, 3.05) is 17.2 Å². The molecule has 5 aliphatic carbocycles. The predicted molar refractivity (Wildman–Crippen MR) is 225 cm³/mol. The van der Waals surface area contributed by atoms with E-state index in [2.05, 4.69) is 20.8 Å². The van der Waals surface area contributed by atoms with Gasteiger partial charge in [0.15, 0.2) is 5.78 Å². The van der Waals surface area contributed by atoms with Crippen LogP contribution in [0.5, 0.6) is 5.75 Å². The Morgan fingerprint density at radius 3 is 2.47 bits per heavy atom. The first kappa shape index (κ1) is 41.7. The van der Waals surface area contributed by atoms with Crippen molar-refractivity contribution < 1.29 is 45.0 Å². The van der Waals surface area contributed by atoms with Gasteiger partial charge in [-0.2, -0.15) is 0 Å². The maximum Gasteiger partial charge on any atom is 0.233 e. The molecule has 0 aromatic heterocycles. The van der Waals surface area contributed by atoms with Crippen LogP contribution in [-0.2, 0) is 20.7 Å². The number of benzene rings is 1. The number of rotatable bonds is 4.